The van der Waals surface area contributed by atoms with E-state index >= 15 is 0 Å². The molecule has 0 unspecified atom stereocenters. The van der Waals surface area contributed by atoms with Crippen LogP contribution < -0.4 is 5.32 Å². The van der Waals surface area contributed by atoms with Crippen molar-refractivity contribution in [3.05, 3.63) is 18.0 Å². The Bertz CT molecular complexity index is 643. The van der Waals surface area contributed by atoms with Gasteiger partial charge in [0.2, 0.25) is 0 Å². The van der Waals surface area contributed by atoms with Gasteiger partial charge in [0.1, 0.15) is 10.7 Å². The molecule has 150 valence electrons. The number of anilines is 1. The summed E-state index contributed by atoms with van der Waals surface area (Å²) in [7, 11) is 2.95. The third-order valence-corrected chi connectivity index (χ3v) is 4.67. The third-order valence-electron chi connectivity index (χ3n) is 3.62. The molecule has 0 bridgehead atoms. The zero-order chi connectivity index (χ0) is 19.5. The largest absolute Gasteiger partial charge is 0.504 e. The number of thioether (sulfide) groups is 1. The van der Waals surface area contributed by atoms with Crippen molar-refractivity contribution in [1.29, 1.82) is 0 Å². The Morgan fingerprint density at radius 3 is 2.74 bits per heavy atom. The Balaban J connectivity index is 1.79. The number of nitrogens with zero attached hydrogens (tertiary/aromatic N) is 2. The average molecular weight is 399 g/mol. The smallest absolute Gasteiger partial charge is 0.331 e. The third kappa shape index (κ3) is 6.65. The molecule has 10 heteroatoms. The van der Waals surface area contributed by atoms with Gasteiger partial charge in [0, 0.05) is 25.6 Å². The van der Waals surface area contributed by atoms with Crippen LogP contribution in [0.15, 0.2) is 17.3 Å². The molecule has 2 heterocycles. The Morgan fingerprint density at radius 2 is 2.00 bits per heavy atom. The number of carbonyl (C=O) groups excluding carboxylic acids is 1. The van der Waals surface area contributed by atoms with Crippen molar-refractivity contribution in [2.45, 2.75) is 6.04 Å². The first-order chi connectivity index (χ1) is 13.2. The molecule has 2 rings (SSSR count). The molecular weight excluding hydrogens is 374 g/mol. The molecular formula is C17H25N3O6S. The van der Waals surface area contributed by atoms with Crippen LogP contribution in [0.4, 0.5) is 5.69 Å². The maximum absolute atomic E-state index is 11.6. The van der Waals surface area contributed by atoms with Gasteiger partial charge in [-0.1, -0.05) is 0 Å². The number of hydrogen-bond donors (Lipinski definition) is 2. The number of aromatic nitrogens is 1. The van der Waals surface area contributed by atoms with Crippen molar-refractivity contribution in [2.75, 3.05) is 64.9 Å². The highest BCUT2D eigenvalue weighted by Crippen LogP contribution is 2.32. The van der Waals surface area contributed by atoms with Crippen LogP contribution in [0.3, 0.4) is 0 Å². The summed E-state index contributed by atoms with van der Waals surface area (Å²) >= 11 is 1.36. The van der Waals surface area contributed by atoms with Crippen LogP contribution in [0.1, 0.15) is 5.69 Å². The molecule has 0 saturated heterocycles. The Hall–Kier alpha value is -1.88. The van der Waals surface area contributed by atoms with Crippen LogP contribution in [0.2, 0.25) is 0 Å². The standard InChI is InChI=1S/C17H25N3O6S/c1-23-7-8-26-10-9-25-6-5-18-12-3-4-19-14(15(12)21)16-20-13(11-27-16)17(22)24-2/h3-4,13,21H,5-11H2,1-2H3,(H,18,19)/t13-/m1/s1. The van der Waals surface area contributed by atoms with Crippen LogP contribution in [0.25, 0.3) is 0 Å². The fraction of sp³-hybridized carbons (Fsp3) is 0.588. The fourth-order valence-electron chi connectivity index (χ4n) is 2.24. The molecule has 0 amide bonds. The molecule has 0 fully saturated rings. The van der Waals surface area contributed by atoms with E-state index in [1.807, 2.05) is 0 Å². The van der Waals surface area contributed by atoms with Gasteiger partial charge in [-0.05, 0) is 6.07 Å². The summed E-state index contributed by atoms with van der Waals surface area (Å²) in [5.74, 6) is 0.0768. The minimum absolute atomic E-state index is 0.00263. The summed E-state index contributed by atoms with van der Waals surface area (Å²) in [5, 5.41) is 14.1. The topological polar surface area (TPSA) is 112 Å². The number of aromatic hydroxyl groups is 1. The molecule has 1 atom stereocenters. The Labute approximate surface area is 162 Å². The van der Waals surface area contributed by atoms with E-state index in [1.165, 1.54) is 18.9 Å². The van der Waals surface area contributed by atoms with E-state index in [0.717, 1.165) is 0 Å². The van der Waals surface area contributed by atoms with Gasteiger partial charge in [-0.2, -0.15) is 0 Å². The van der Waals surface area contributed by atoms with E-state index in [4.69, 9.17) is 18.9 Å². The molecule has 1 aromatic heterocycles. The highest BCUT2D eigenvalue weighted by molar-refractivity contribution is 8.14. The van der Waals surface area contributed by atoms with Crippen LogP contribution in [0, 0.1) is 0 Å². The quantitative estimate of drug-likeness (QED) is 0.391. The van der Waals surface area contributed by atoms with Gasteiger partial charge >= 0.3 is 5.97 Å². The number of esters is 1. The number of rotatable bonds is 12. The number of hydrogen-bond acceptors (Lipinski definition) is 10. The van der Waals surface area contributed by atoms with Crippen LogP contribution in [0.5, 0.6) is 5.75 Å². The number of aliphatic imine (C=N–C) groups is 1. The number of nitrogens with one attached hydrogen (secondary N) is 1. The normalized spacial score (nSPS) is 16.2. The lowest BCUT2D eigenvalue weighted by atomic mass is 10.3. The van der Waals surface area contributed by atoms with Crippen molar-refractivity contribution >= 4 is 28.5 Å². The van der Waals surface area contributed by atoms with E-state index in [2.05, 4.69) is 15.3 Å². The molecule has 0 spiro atoms. The fourth-order valence-corrected chi connectivity index (χ4v) is 3.25. The SMILES string of the molecule is COCCOCCOCCNc1ccnc(C2=N[C@@H](C(=O)OC)CS2)c1O. The van der Waals surface area contributed by atoms with Crippen LogP contribution >= 0.6 is 11.8 Å². The van der Waals surface area contributed by atoms with E-state index < -0.39 is 12.0 Å². The van der Waals surface area contributed by atoms with Gasteiger partial charge in [-0.3, -0.25) is 4.99 Å². The number of methoxy groups -OCH3 is 2. The maximum atomic E-state index is 11.6. The van der Waals surface area contributed by atoms with Gasteiger partial charge in [0.15, 0.2) is 11.8 Å². The van der Waals surface area contributed by atoms with Gasteiger partial charge in [0.25, 0.3) is 0 Å². The zero-order valence-electron chi connectivity index (χ0n) is 15.5. The molecule has 27 heavy (non-hydrogen) atoms. The monoisotopic (exact) mass is 399 g/mol. The molecule has 0 aliphatic carbocycles. The highest BCUT2D eigenvalue weighted by atomic mass is 32.2. The first-order valence-electron chi connectivity index (χ1n) is 8.52. The number of ether oxygens (including phenoxy) is 4. The predicted molar refractivity (Wildman–Crippen MR) is 103 cm³/mol. The van der Waals surface area contributed by atoms with Gasteiger partial charge in [-0.25, -0.2) is 9.78 Å². The summed E-state index contributed by atoms with van der Waals surface area (Å²) in [6.45, 7) is 3.08. The lowest BCUT2D eigenvalue weighted by molar-refractivity contribution is -0.141. The van der Waals surface area contributed by atoms with E-state index in [0.29, 0.717) is 61.8 Å². The summed E-state index contributed by atoms with van der Waals surface area (Å²) in [4.78, 5) is 20.0. The minimum Gasteiger partial charge on any atom is -0.504 e. The van der Waals surface area contributed by atoms with Gasteiger partial charge < -0.3 is 29.4 Å². The molecule has 1 aromatic rings. The molecule has 1 aliphatic rings. The maximum Gasteiger partial charge on any atom is 0.331 e. The minimum atomic E-state index is -0.563. The summed E-state index contributed by atoms with van der Waals surface area (Å²) in [6, 6.07) is 1.11. The second-order valence-electron chi connectivity index (χ2n) is 5.48. The first kappa shape index (κ1) is 21.4. The Kier molecular flexibility index (Phi) is 9.32. The van der Waals surface area contributed by atoms with Crippen molar-refractivity contribution in [3.8, 4) is 5.75 Å². The van der Waals surface area contributed by atoms with E-state index in [-0.39, 0.29) is 5.75 Å². The second kappa shape index (κ2) is 11.8. The van der Waals surface area contributed by atoms with Crippen LogP contribution in [-0.4, -0.2) is 86.7 Å². The summed E-state index contributed by atoms with van der Waals surface area (Å²) < 4.78 is 20.3. The zero-order valence-corrected chi connectivity index (χ0v) is 16.3. The lowest BCUT2D eigenvalue weighted by Gasteiger charge is -2.11. The van der Waals surface area contributed by atoms with Crippen molar-refractivity contribution in [3.63, 3.8) is 0 Å². The molecule has 2 N–H and O–H groups in total. The molecule has 0 radical (unpaired) electrons. The van der Waals surface area contributed by atoms with Gasteiger partial charge in [-0.15, -0.1) is 11.8 Å². The summed E-state index contributed by atoms with van der Waals surface area (Å²) in [5.41, 5.74) is 0.883. The van der Waals surface area contributed by atoms with Crippen LogP contribution in [-0.2, 0) is 23.7 Å². The molecule has 9 nitrogen and oxygen atoms in total. The van der Waals surface area contributed by atoms with Crippen molar-refractivity contribution < 1.29 is 28.8 Å². The summed E-state index contributed by atoms with van der Waals surface area (Å²) in [6.07, 6.45) is 1.58. The number of carbonyl (C=O) groups is 1. The molecule has 0 aromatic carbocycles. The highest BCUT2D eigenvalue weighted by Gasteiger charge is 2.28. The van der Waals surface area contributed by atoms with Gasteiger partial charge in [0.05, 0.1) is 45.8 Å². The Morgan fingerprint density at radius 1 is 1.26 bits per heavy atom. The predicted octanol–water partition coefficient (Wildman–Crippen LogP) is 0.914. The molecule has 0 saturated carbocycles. The lowest BCUT2D eigenvalue weighted by Crippen LogP contribution is -2.19. The van der Waals surface area contributed by atoms with Crippen molar-refractivity contribution in [1.82, 2.24) is 4.98 Å². The number of pyridine rings is 1. The average Bonchev–Trinajstić information content (AvgIpc) is 3.17. The van der Waals surface area contributed by atoms with E-state index in [9.17, 15) is 9.90 Å². The first-order valence-corrected chi connectivity index (χ1v) is 9.51. The van der Waals surface area contributed by atoms with Crippen molar-refractivity contribution in [2.24, 2.45) is 4.99 Å². The van der Waals surface area contributed by atoms with E-state index in [1.54, 1.807) is 19.4 Å². The molecule has 1 aliphatic heterocycles. The second-order valence-corrected chi connectivity index (χ2v) is 6.49.